The van der Waals surface area contributed by atoms with Crippen LogP contribution in [0.1, 0.15) is 93.2 Å². The Morgan fingerprint density at radius 1 is 1.04 bits per heavy atom. The van der Waals surface area contributed by atoms with Gasteiger partial charge in [-0.05, 0) is 74.9 Å². The second-order valence-corrected chi connectivity index (χ2v) is 12.5. The Morgan fingerprint density at radius 3 is 2.49 bits per heavy atom. The molecule has 1 atom stereocenters. The molecule has 2 aromatic carbocycles. The molecule has 3 heterocycles. The average Bonchev–Trinajstić information content (AvgIpc) is 3.72. The lowest BCUT2D eigenvalue weighted by Gasteiger charge is -2.23. The van der Waals surface area contributed by atoms with Crippen LogP contribution in [0.15, 0.2) is 72.4 Å². The zero-order chi connectivity index (χ0) is 32.2. The first-order valence-electron chi connectivity index (χ1n) is 15.6. The molecule has 1 fully saturated rings. The van der Waals surface area contributed by atoms with Crippen LogP contribution >= 0.6 is 11.3 Å². The number of rotatable bonds is 11. The maximum atomic E-state index is 13.5. The quantitative estimate of drug-likeness (QED) is 0.176. The topological polar surface area (TPSA) is 96.4 Å². The summed E-state index contributed by atoms with van der Waals surface area (Å²) in [6, 6.07) is 17.4. The number of methoxy groups -OCH3 is 1. The Labute approximate surface area is 271 Å². The zero-order valence-electron chi connectivity index (χ0n) is 27.0. The fraction of sp³-hybridized carbons (Fsp3) is 0.389. The van der Waals surface area contributed by atoms with Crippen molar-refractivity contribution >= 4 is 23.2 Å². The van der Waals surface area contributed by atoms with E-state index < -0.39 is 0 Å². The molecule has 4 aromatic rings. The Hall–Kier alpha value is -4.08. The van der Waals surface area contributed by atoms with Crippen molar-refractivity contribution in [3.63, 3.8) is 0 Å². The maximum Gasteiger partial charge on any atom is 0.254 e. The second kappa shape index (κ2) is 16.8. The van der Waals surface area contributed by atoms with Gasteiger partial charge in [-0.3, -0.25) is 14.6 Å². The largest absolute Gasteiger partial charge is 0.497 e. The van der Waals surface area contributed by atoms with E-state index in [4.69, 9.17) is 4.74 Å². The standard InChI is InChI=1S/C29H37N5O3S.C7H8/c1-19(2)24-11-21(16-31-17-24)15-30-8-6-9-32-27(35)22-12-23(14-25(13-22)37-4)29(36)34-10-5-7-26(34)28-33-20(3)18-38-28;1-7-5-3-2-4-6-7/h11-14,16-19,26,30H,5-10,15H2,1-4H3,(H,32,35);2-6H,1H3. The van der Waals surface area contributed by atoms with Crippen LogP contribution in [-0.2, 0) is 6.54 Å². The molecule has 0 radical (unpaired) electrons. The SMILES string of the molecule is COc1cc(C(=O)NCCCNCc2cncc(C(C)C)c2)cc(C(=O)N2CCCC2c2nc(C)cs2)c1.Cc1ccccc1. The van der Waals surface area contributed by atoms with Crippen molar-refractivity contribution in [3.8, 4) is 5.75 Å². The molecule has 2 amide bonds. The van der Waals surface area contributed by atoms with Gasteiger partial charge in [0.1, 0.15) is 10.8 Å². The fourth-order valence-electron chi connectivity index (χ4n) is 5.13. The molecule has 1 aliphatic rings. The van der Waals surface area contributed by atoms with Crippen LogP contribution in [0.2, 0.25) is 0 Å². The molecule has 1 aliphatic heterocycles. The van der Waals surface area contributed by atoms with Crippen molar-refractivity contribution in [2.24, 2.45) is 0 Å². The highest BCUT2D eigenvalue weighted by atomic mass is 32.1. The number of carbonyl (C=O) groups is 2. The molecule has 9 heteroatoms. The molecule has 0 saturated carbocycles. The highest BCUT2D eigenvalue weighted by Gasteiger charge is 2.33. The molecule has 1 unspecified atom stereocenters. The van der Waals surface area contributed by atoms with Gasteiger partial charge in [-0.1, -0.05) is 55.8 Å². The number of hydrogen-bond donors (Lipinski definition) is 2. The summed E-state index contributed by atoms with van der Waals surface area (Å²) < 4.78 is 5.42. The van der Waals surface area contributed by atoms with Crippen LogP contribution in [-0.4, -0.2) is 53.4 Å². The number of thiazole rings is 1. The Morgan fingerprint density at radius 2 is 1.82 bits per heavy atom. The molecule has 8 nitrogen and oxygen atoms in total. The van der Waals surface area contributed by atoms with Crippen molar-refractivity contribution in [2.75, 3.05) is 26.7 Å². The van der Waals surface area contributed by atoms with Crippen molar-refractivity contribution in [3.05, 3.63) is 111 Å². The molecule has 1 saturated heterocycles. The third-order valence-corrected chi connectivity index (χ3v) is 8.72. The normalized spacial score (nSPS) is 14.2. The maximum absolute atomic E-state index is 13.5. The lowest BCUT2D eigenvalue weighted by molar-refractivity contribution is 0.0735. The van der Waals surface area contributed by atoms with Crippen LogP contribution in [0.5, 0.6) is 5.75 Å². The number of likely N-dealkylation sites (tertiary alicyclic amines) is 1. The van der Waals surface area contributed by atoms with Gasteiger partial charge in [-0.2, -0.15) is 0 Å². The lowest BCUT2D eigenvalue weighted by Crippen LogP contribution is -2.31. The molecule has 5 rings (SSSR count). The van der Waals surface area contributed by atoms with E-state index in [1.54, 1.807) is 36.6 Å². The van der Waals surface area contributed by atoms with E-state index in [2.05, 4.69) is 59.6 Å². The summed E-state index contributed by atoms with van der Waals surface area (Å²) in [5.41, 5.74) is 5.54. The number of nitrogens with one attached hydrogen (secondary N) is 2. The zero-order valence-corrected chi connectivity index (χ0v) is 27.8. The van der Waals surface area contributed by atoms with Gasteiger partial charge in [0.15, 0.2) is 0 Å². The number of carbonyl (C=O) groups excluding carboxylic acids is 2. The van der Waals surface area contributed by atoms with Crippen molar-refractivity contribution in [2.45, 2.75) is 65.5 Å². The van der Waals surface area contributed by atoms with Gasteiger partial charge in [0.05, 0.1) is 13.2 Å². The molecular weight excluding hydrogens is 582 g/mol. The van der Waals surface area contributed by atoms with E-state index in [0.717, 1.165) is 48.6 Å². The van der Waals surface area contributed by atoms with Crippen LogP contribution in [0.4, 0.5) is 0 Å². The first kappa shape index (κ1) is 33.8. The first-order valence-corrected chi connectivity index (χ1v) is 16.5. The van der Waals surface area contributed by atoms with E-state index in [1.807, 2.05) is 47.8 Å². The molecule has 45 heavy (non-hydrogen) atoms. The summed E-state index contributed by atoms with van der Waals surface area (Å²) in [4.78, 5) is 37.2. The summed E-state index contributed by atoms with van der Waals surface area (Å²) >= 11 is 1.59. The number of nitrogens with zero attached hydrogens (tertiary/aromatic N) is 3. The minimum absolute atomic E-state index is 0.0270. The number of aromatic nitrogens is 2. The number of amides is 2. The first-order chi connectivity index (χ1) is 21.7. The molecule has 2 aromatic heterocycles. The Bertz CT molecular complexity index is 1540. The summed E-state index contributed by atoms with van der Waals surface area (Å²) in [5, 5.41) is 9.35. The second-order valence-electron chi connectivity index (χ2n) is 11.7. The van der Waals surface area contributed by atoms with E-state index in [1.165, 1.54) is 11.1 Å². The highest BCUT2D eigenvalue weighted by molar-refractivity contribution is 7.09. The average molecular weight is 628 g/mol. The van der Waals surface area contributed by atoms with Crippen LogP contribution in [0, 0.1) is 13.8 Å². The Kier molecular flexibility index (Phi) is 12.7. The van der Waals surface area contributed by atoms with Crippen molar-refractivity contribution < 1.29 is 14.3 Å². The van der Waals surface area contributed by atoms with Crippen molar-refractivity contribution in [1.29, 1.82) is 0 Å². The summed E-state index contributed by atoms with van der Waals surface area (Å²) in [6.07, 6.45) is 6.39. The molecule has 0 spiro atoms. The molecular formula is C36H45N5O3S. The minimum atomic E-state index is -0.222. The van der Waals surface area contributed by atoms with Gasteiger partial charge in [0, 0.05) is 54.2 Å². The monoisotopic (exact) mass is 627 g/mol. The lowest BCUT2D eigenvalue weighted by atomic mass is 10.0. The highest BCUT2D eigenvalue weighted by Crippen LogP contribution is 2.35. The van der Waals surface area contributed by atoms with Crippen molar-refractivity contribution in [1.82, 2.24) is 25.5 Å². The van der Waals surface area contributed by atoms with Gasteiger partial charge in [0.25, 0.3) is 11.8 Å². The van der Waals surface area contributed by atoms with Crippen LogP contribution < -0.4 is 15.4 Å². The molecule has 0 aliphatic carbocycles. The van der Waals surface area contributed by atoms with Gasteiger partial charge >= 0.3 is 0 Å². The predicted molar refractivity (Wildman–Crippen MR) is 181 cm³/mol. The molecule has 2 N–H and O–H groups in total. The van der Waals surface area contributed by atoms with E-state index >= 15 is 0 Å². The predicted octanol–water partition coefficient (Wildman–Crippen LogP) is 6.86. The number of hydrogen-bond acceptors (Lipinski definition) is 7. The number of ether oxygens (including phenoxy) is 1. The van der Waals surface area contributed by atoms with E-state index in [9.17, 15) is 9.59 Å². The van der Waals surface area contributed by atoms with Gasteiger partial charge in [-0.25, -0.2) is 4.98 Å². The fourth-order valence-corrected chi connectivity index (χ4v) is 6.08. The third-order valence-electron chi connectivity index (χ3n) is 7.66. The van der Waals surface area contributed by atoms with Gasteiger partial charge in [-0.15, -0.1) is 11.3 Å². The summed E-state index contributed by atoms with van der Waals surface area (Å²) in [5.74, 6) is 0.610. The van der Waals surface area contributed by atoms with Gasteiger partial charge < -0.3 is 20.3 Å². The van der Waals surface area contributed by atoms with E-state index in [0.29, 0.717) is 35.9 Å². The number of pyridine rings is 1. The molecule has 0 bridgehead atoms. The van der Waals surface area contributed by atoms with E-state index in [-0.39, 0.29) is 17.9 Å². The summed E-state index contributed by atoms with van der Waals surface area (Å²) in [6.45, 7) is 11.1. The summed E-state index contributed by atoms with van der Waals surface area (Å²) in [7, 11) is 1.54. The van der Waals surface area contributed by atoms with Crippen LogP contribution in [0.25, 0.3) is 0 Å². The third kappa shape index (κ3) is 9.96. The number of aryl methyl sites for hydroxylation is 2. The Balaban J connectivity index is 0.000000580. The number of benzene rings is 2. The minimum Gasteiger partial charge on any atom is -0.497 e. The van der Waals surface area contributed by atoms with Gasteiger partial charge in [0.2, 0.25) is 0 Å². The van der Waals surface area contributed by atoms with Crippen LogP contribution in [0.3, 0.4) is 0 Å². The molecule has 238 valence electrons. The smallest absolute Gasteiger partial charge is 0.254 e.